The number of hydrogen-bond donors (Lipinski definition) is 0. The first-order chi connectivity index (χ1) is 5.68. The van der Waals surface area contributed by atoms with Crippen molar-refractivity contribution in [3.63, 3.8) is 0 Å². The van der Waals surface area contributed by atoms with Gasteiger partial charge in [0.25, 0.3) is 0 Å². The Kier molecular flexibility index (Phi) is 34.8. The third-order valence-corrected chi connectivity index (χ3v) is 1.52. The minimum atomic E-state index is 0.884. The summed E-state index contributed by atoms with van der Waals surface area (Å²) in [6.45, 7) is 11.1. The molecule has 0 unspecified atom stereocenters. The third kappa shape index (κ3) is 45.4. The summed E-state index contributed by atoms with van der Waals surface area (Å²) in [6.07, 6.45) is 5.38. The Morgan fingerprint density at radius 3 is 1.17 bits per heavy atom. The second-order valence-corrected chi connectivity index (χ2v) is 3.16. The lowest BCUT2D eigenvalue weighted by Gasteiger charge is -1.90. The maximum Gasteiger partial charge on any atom is -0.0121 e. The summed E-state index contributed by atoms with van der Waals surface area (Å²) < 4.78 is 0. The molecule has 0 atom stereocenters. The van der Waals surface area contributed by atoms with E-state index in [4.69, 9.17) is 0 Å². The predicted molar refractivity (Wildman–Crippen MR) is 70.3 cm³/mol. The highest BCUT2D eigenvalue weighted by atomic mass is 127. The molecule has 0 aromatic heterocycles. The predicted octanol–water partition coefficient (Wildman–Crippen LogP) is 5.30. The highest BCUT2D eigenvalue weighted by molar-refractivity contribution is 14.1. The summed E-state index contributed by atoms with van der Waals surface area (Å²) in [5.74, 6) is 0.884. The van der Waals surface area contributed by atoms with Gasteiger partial charge in [0.2, 0.25) is 0 Å². The molecule has 0 heterocycles. The highest BCUT2D eigenvalue weighted by Gasteiger charge is 1.80. The van der Waals surface area contributed by atoms with Crippen LogP contribution in [0.3, 0.4) is 0 Å². The van der Waals surface area contributed by atoms with E-state index in [9.17, 15) is 0 Å². The molecule has 0 aliphatic heterocycles. The average Bonchev–Trinajstić information content (AvgIpc) is 2.10. The molecule has 0 N–H and O–H groups in total. The number of hydrogen-bond acceptors (Lipinski definition) is 0. The molecule has 0 aromatic carbocycles. The standard InChI is InChI=1S/2C5H12.CH3I/c1-4-5(2)3;1-3-5-4-2;1-2/h5H,4H2,1-3H3;3-5H2,1-2H3;1H3. The maximum atomic E-state index is 2.22. The second kappa shape index (κ2) is 22.6. The smallest absolute Gasteiger partial charge is 0.0121 e. The molecular weight excluding hydrogens is 259 g/mol. The van der Waals surface area contributed by atoms with E-state index in [1.807, 2.05) is 4.93 Å². The van der Waals surface area contributed by atoms with Crippen molar-refractivity contribution in [3.05, 3.63) is 0 Å². The summed E-state index contributed by atoms with van der Waals surface area (Å²) in [5.41, 5.74) is 0. The Labute approximate surface area is 93.7 Å². The van der Waals surface area contributed by atoms with Gasteiger partial charge >= 0.3 is 0 Å². The van der Waals surface area contributed by atoms with Crippen LogP contribution in [0.4, 0.5) is 0 Å². The Bertz CT molecular complexity index is 40.3. The van der Waals surface area contributed by atoms with Crippen molar-refractivity contribution in [1.82, 2.24) is 0 Å². The molecule has 0 radical (unpaired) electrons. The molecule has 12 heavy (non-hydrogen) atoms. The lowest BCUT2D eigenvalue weighted by atomic mass is 10.2. The number of halogens is 1. The van der Waals surface area contributed by atoms with Gasteiger partial charge in [0.15, 0.2) is 0 Å². The van der Waals surface area contributed by atoms with Crippen LogP contribution in [0.5, 0.6) is 0 Å². The van der Waals surface area contributed by atoms with Crippen molar-refractivity contribution in [1.29, 1.82) is 0 Å². The number of unbranched alkanes of at least 4 members (excludes halogenated alkanes) is 2. The molecule has 0 bridgehead atoms. The average molecular weight is 286 g/mol. The zero-order valence-electron chi connectivity index (χ0n) is 9.78. The molecule has 0 fully saturated rings. The molecule has 0 spiro atoms. The fourth-order valence-electron chi connectivity index (χ4n) is 0.354. The van der Waals surface area contributed by atoms with Gasteiger partial charge in [-0.2, -0.15) is 0 Å². The van der Waals surface area contributed by atoms with Gasteiger partial charge in [-0.05, 0) is 10.8 Å². The first-order valence-corrected chi connectivity index (χ1v) is 7.22. The van der Waals surface area contributed by atoms with Gasteiger partial charge in [-0.25, -0.2) is 0 Å². The molecule has 0 aromatic rings. The largest absolute Gasteiger partial charge is 0.0901 e. The zero-order chi connectivity index (χ0) is 10.4. The number of rotatable bonds is 3. The van der Waals surface area contributed by atoms with Gasteiger partial charge in [0.1, 0.15) is 0 Å². The lowest BCUT2D eigenvalue weighted by Crippen LogP contribution is -1.77. The van der Waals surface area contributed by atoms with E-state index in [1.165, 1.54) is 25.7 Å². The SMILES string of the molecule is CCC(C)C.CCCCC.CI. The van der Waals surface area contributed by atoms with Gasteiger partial charge in [0, 0.05) is 0 Å². The van der Waals surface area contributed by atoms with Crippen LogP contribution in [0.1, 0.15) is 60.3 Å². The topological polar surface area (TPSA) is 0 Å². The first-order valence-electron chi connectivity index (χ1n) is 5.06. The lowest BCUT2D eigenvalue weighted by molar-refractivity contribution is 0.626. The van der Waals surface area contributed by atoms with Crippen LogP contribution in [0.25, 0.3) is 0 Å². The molecule has 0 rings (SSSR count). The molecule has 0 aliphatic carbocycles. The van der Waals surface area contributed by atoms with Crippen molar-refractivity contribution in [3.8, 4) is 0 Å². The quantitative estimate of drug-likeness (QED) is 0.488. The zero-order valence-corrected chi connectivity index (χ0v) is 11.9. The Morgan fingerprint density at radius 2 is 1.17 bits per heavy atom. The van der Waals surface area contributed by atoms with E-state index in [1.54, 1.807) is 0 Å². The van der Waals surface area contributed by atoms with Crippen molar-refractivity contribution >= 4 is 22.6 Å². The van der Waals surface area contributed by atoms with Crippen LogP contribution in [-0.2, 0) is 0 Å². The van der Waals surface area contributed by atoms with Gasteiger partial charge < -0.3 is 0 Å². The van der Waals surface area contributed by atoms with Crippen molar-refractivity contribution < 1.29 is 0 Å². The van der Waals surface area contributed by atoms with Crippen LogP contribution < -0.4 is 0 Å². The van der Waals surface area contributed by atoms with Crippen molar-refractivity contribution in [2.24, 2.45) is 5.92 Å². The van der Waals surface area contributed by atoms with Crippen LogP contribution in [0.15, 0.2) is 0 Å². The van der Waals surface area contributed by atoms with Gasteiger partial charge in [-0.15, -0.1) is 0 Å². The first kappa shape index (κ1) is 18.5. The summed E-state index contributed by atoms with van der Waals surface area (Å²) in [5, 5.41) is 0. The van der Waals surface area contributed by atoms with Gasteiger partial charge in [-0.1, -0.05) is 82.9 Å². The van der Waals surface area contributed by atoms with Crippen LogP contribution in [0, 0.1) is 5.92 Å². The molecule has 0 saturated carbocycles. The number of alkyl halides is 1. The van der Waals surface area contributed by atoms with E-state index in [0.29, 0.717) is 0 Å². The molecule has 0 saturated heterocycles. The highest BCUT2D eigenvalue weighted by Crippen LogP contribution is 1.93. The third-order valence-electron chi connectivity index (χ3n) is 1.52. The summed E-state index contributed by atoms with van der Waals surface area (Å²) in [7, 11) is 0. The van der Waals surface area contributed by atoms with Gasteiger partial charge in [-0.3, -0.25) is 0 Å². The Hall–Kier alpha value is 0.730. The van der Waals surface area contributed by atoms with Crippen molar-refractivity contribution in [2.45, 2.75) is 60.3 Å². The van der Waals surface area contributed by atoms with E-state index < -0.39 is 0 Å². The fourth-order valence-corrected chi connectivity index (χ4v) is 0.354. The monoisotopic (exact) mass is 286 g/mol. The molecular formula is C11H27I. The Balaban J connectivity index is -0.000000112. The fraction of sp³-hybridized carbons (Fsp3) is 1.00. The summed E-state index contributed by atoms with van der Waals surface area (Å²) in [4.78, 5) is 1.97. The maximum absolute atomic E-state index is 2.22. The molecule has 0 nitrogen and oxygen atoms in total. The molecule has 0 amide bonds. The molecule has 0 aliphatic rings. The normalized spacial score (nSPS) is 8.00. The minimum absolute atomic E-state index is 0.884. The molecule has 1 heteroatoms. The van der Waals surface area contributed by atoms with Gasteiger partial charge in [0.05, 0.1) is 0 Å². The summed E-state index contributed by atoms with van der Waals surface area (Å²) in [6, 6.07) is 0. The summed E-state index contributed by atoms with van der Waals surface area (Å²) >= 11 is 2.15. The second-order valence-electron chi connectivity index (χ2n) is 3.16. The van der Waals surface area contributed by atoms with Crippen molar-refractivity contribution in [2.75, 3.05) is 4.93 Å². The molecule has 78 valence electrons. The Morgan fingerprint density at radius 1 is 0.917 bits per heavy atom. The minimum Gasteiger partial charge on any atom is -0.0901 e. The van der Waals surface area contributed by atoms with E-state index in [2.05, 4.69) is 57.2 Å². The van der Waals surface area contributed by atoms with Crippen LogP contribution >= 0.6 is 22.6 Å². The van der Waals surface area contributed by atoms with E-state index >= 15 is 0 Å². The van der Waals surface area contributed by atoms with Crippen LogP contribution in [-0.4, -0.2) is 4.93 Å². The van der Waals surface area contributed by atoms with E-state index in [0.717, 1.165) is 5.92 Å². The van der Waals surface area contributed by atoms with E-state index in [-0.39, 0.29) is 0 Å². The van der Waals surface area contributed by atoms with Crippen LogP contribution in [0.2, 0.25) is 0 Å².